The standard InChI is InChI=1S/C13H18ClNO2/c1-9-4-10(14)5-11(12(9)16-3)13(6-15-2)7-17-8-13/h4-5,15H,6-8H2,1-3H3. The van der Waals surface area contributed by atoms with Crippen LogP contribution in [0.1, 0.15) is 11.1 Å². The summed E-state index contributed by atoms with van der Waals surface area (Å²) in [5.74, 6) is 0.924. The fourth-order valence-electron chi connectivity index (χ4n) is 2.43. The number of aryl methyl sites for hydroxylation is 1. The molecule has 3 nitrogen and oxygen atoms in total. The molecule has 94 valence electrons. The Kier molecular flexibility index (Phi) is 3.61. The van der Waals surface area contributed by atoms with Crippen molar-refractivity contribution in [2.75, 3.05) is 33.9 Å². The van der Waals surface area contributed by atoms with Crippen LogP contribution >= 0.6 is 11.6 Å². The molecule has 17 heavy (non-hydrogen) atoms. The summed E-state index contributed by atoms with van der Waals surface area (Å²) in [5.41, 5.74) is 2.21. The van der Waals surface area contributed by atoms with Gasteiger partial charge in [0.15, 0.2) is 0 Å². The molecule has 2 rings (SSSR count). The first-order valence-electron chi connectivity index (χ1n) is 5.70. The fourth-order valence-corrected chi connectivity index (χ4v) is 2.71. The van der Waals surface area contributed by atoms with E-state index in [-0.39, 0.29) is 5.41 Å². The lowest BCUT2D eigenvalue weighted by Crippen LogP contribution is -2.53. The summed E-state index contributed by atoms with van der Waals surface area (Å²) in [6, 6.07) is 3.92. The van der Waals surface area contributed by atoms with E-state index in [0.29, 0.717) is 13.2 Å². The van der Waals surface area contributed by atoms with E-state index in [0.717, 1.165) is 28.4 Å². The molecular formula is C13H18ClNO2. The van der Waals surface area contributed by atoms with Gasteiger partial charge in [0.05, 0.1) is 25.7 Å². The first-order chi connectivity index (χ1) is 8.13. The minimum atomic E-state index is -0.00421. The van der Waals surface area contributed by atoms with Crippen molar-refractivity contribution in [3.63, 3.8) is 0 Å². The second kappa shape index (κ2) is 4.84. The van der Waals surface area contributed by atoms with Crippen molar-refractivity contribution in [3.05, 3.63) is 28.3 Å². The highest BCUT2D eigenvalue weighted by molar-refractivity contribution is 6.30. The van der Waals surface area contributed by atoms with Gasteiger partial charge in [-0.2, -0.15) is 0 Å². The van der Waals surface area contributed by atoms with Crippen LogP contribution in [0.4, 0.5) is 0 Å². The number of hydrogen-bond acceptors (Lipinski definition) is 3. The number of halogens is 1. The molecule has 0 saturated carbocycles. The Hall–Kier alpha value is -0.770. The normalized spacial score (nSPS) is 17.6. The molecule has 0 atom stereocenters. The molecule has 1 aromatic carbocycles. The van der Waals surface area contributed by atoms with E-state index in [1.807, 2.05) is 26.1 Å². The predicted molar refractivity (Wildman–Crippen MR) is 69.2 cm³/mol. The zero-order chi connectivity index (χ0) is 12.5. The van der Waals surface area contributed by atoms with Crippen LogP contribution in [0.5, 0.6) is 5.75 Å². The Morgan fingerprint density at radius 2 is 2.18 bits per heavy atom. The van der Waals surface area contributed by atoms with Crippen molar-refractivity contribution < 1.29 is 9.47 Å². The molecule has 0 aromatic heterocycles. The van der Waals surface area contributed by atoms with Crippen LogP contribution in [0.2, 0.25) is 5.02 Å². The van der Waals surface area contributed by atoms with Gasteiger partial charge in [-0.05, 0) is 31.7 Å². The van der Waals surface area contributed by atoms with Gasteiger partial charge in [-0.1, -0.05) is 11.6 Å². The Labute approximate surface area is 107 Å². The van der Waals surface area contributed by atoms with Crippen LogP contribution in [0, 0.1) is 6.92 Å². The second-order valence-electron chi connectivity index (χ2n) is 4.61. The zero-order valence-electron chi connectivity index (χ0n) is 10.5. The topological polar surface area (TPSA) is 30.5 Å². The van der Waals surface area contributed by atoms with Crippen molar-refractivity contribution in [2.24, 2.45) is 0 Å². The van der Waals surface area contributed by atoms with Gasteiger partial charge in [-0.25, -0.2) is 0 Å². The zero-order valence-corrected chi connectivity index (χ0v) is 11.2. The summed E-state index contributed by atoms with van der Waals surface area (Å²) in [6.07, 6.45) is 0. The minimum Gasteiger partial charge on any atom is -0.496 e. The van der Waals surface area contributed by atoms with Crippen molar-refractivity contribution in [1.29, 1.82) is 0 Å². The maximum absolute atomic E-state index is 6.15. The third kappa shape index (κ3) is 2.15. The molecule has 0 unspecified atom stereocenters. The van der Waals surface area contributed by atoms with Gasteiger partial charge in [-0.15, -0.1) is 0 Å². The molecule has 1 fully saturated rings. The van der Waals surface area contributed by atoms with E-state index in [1.54, 1.807) is 7.11 Å². The third-order valence-electron chi connectivity index (χ3n) is 3.29. The van der Waals surface area contributed by atoms with Crippen LogP contribution in [-0.2, 0) is 10.2 Å². The molecule has 1 saturated heterocycles. The molecule has 0 amide bonds. The summed E-state index contributed by atoms with van der Waals surface area (Å²) >= 11 is 6.15. The van der Waals surface area contributed by atoms with E-state index >= 15 is 0 Å². The number of hydrogen-bond donors (Lipinski definition) is 1. The average molecular weight is 256 g/mol. The highest BCUT2D eigenvalue weighted by Gasteiger charge is 2.42. The molecule has 1 N–H and O–H groups in total. The average Bonchev–Trinajstić information content (AvgIpc) is 2.22. The number of likely N-dealkylation sites (N-methyl/N-ethyl adjacent to an activating group) is 1. The van der Waals surface area contributed by atoms with Crippen LogP contribution in [-0.4, -0.2) is 33.9 Å². The monoisotopic (exact) mass is 255 g/mol. The Balaban J connectivity index is 2.49. The lowest BCUT2D eigenvalue weighted by atomic mass is 9.77. The first-order valence-corrected chi connectivity index (χ1v) is 6.08. The van der Waals surface area contributed by atoms with Gasteiger partial charge in [-0.3, -0.25) is 0 Å². The SMILES string of the molecule is CNCC1(c2cc(Cl)cc(C)c2OC)COC1. The smallest absolute Gasteiger partial charge is 0.125 e. The maximum atomic E-state index is 6.15. The molecule has 1 heterocycles. The van der Waals surface area contributed by atoms with Gasteiger partial charge in [0.25, 0.3) is 0 Å². The Morgan fingerprint density at radius 3 is 2.65 bits per heavy atom. The number of nitrogens with one attached hydrogen (secondary N) is 1. The van der Waals surface area contributed by atoms with Crippen LogP contribution in [0.15, 0.2) is 12.1 Å². The quantitative estimate of drug-likeness (QED) is 0.894. The summed E-state index contributed by atoms with van der Waals surface area (Å²) in [4.78, 5) is 0. The van der Waals surface area contributed by atoms with Gasteiger partial charge in [0.2, 0.25) is 0 Å². The summed E-state index contributed by atoms with van der Waals surface area (Å²) < 4.78 is 10.9. The number of rotatable bonds is 4. The molecule has 0 spiro atoms. The van der Waals surface area contributed by atoms with Crippen LogP contribution in [0.25, 0.3) is 0 Å². The minimum absolute atomic E-state index is 0.00421. The summed E-state index contributed by atoms with van der Waals surface area (Å²) in [6.45, 7) is 4.30. The van der Waals surface area contributed by atoms with Gasteiger partial charge in [0.1, 0.15) is 5.75 Å². The molecule has 1 aliphatic heterocycles. The third-order valence-corrected chi connectivity index (χ3v) is 3.50. The molecule has 1 aliphatic rings. The fraction of sp³-hybridized carbons (Fsp3) is 0.538. The lowest BCUT2D eigenvalue weighted by Gasteiger charge is -2.42. The van der Waals surface area contributed by atoms with Crippen LogP contribution < -0.4 is 10.1 Å². The number of ether oxygens (including phenoxy) is 2. The maximum Gasteiger partial charge on any atom is 0.125 e. The summed E-state index contributed by atoms with van der Waals surface area (Å²) in [7, 11) is 3.65. The van der Waals surface area contributed by atoms with Crippen molar-refractivity contribution >= 4 is 11.6 Å². The van der Waals surface area contributed by atoms with E-state index in [4.69, 9.17) is 21.1 Å². The number of methoxy groups -OCH3 is 1. The van der Waals surface area contributed by atoms with Gasteiger partial charge in [0, 0.05) is 17.1 Å². The van der Waals surface area contributed by atoms with E-state index < -0.39 is 0 Å². The van der Waals surface area contributed by atoms with E-state index in [1.165, 1.54) is 0 Å². The van der Waals surface area contributed by atoms with E-state index in [2.05, 4.69) is 5.32 Å². The highest BCUT2D eigenvalue weighted by Crippen LogP contribution is 2.40. The Bertz CT molecular complexity index is 416. The number of benzene rings is 1. The Morgan fingerprint density at radius 1 is 1.47 bits per heavy atom. The van der Waals surface area contributed by atoms with Gasteiger partial charge < -0.3 is 14.8 Å². The highest BCUT2D eigenvalue weighted by atomic mass is 35.5. The summed E-state index contributed by atoms with van der Waals surface area (Å²) in [5, 5.41) is 3.97. The molecule has 1 aromatic rings. The molecule has 4 heteroatoms. The molecule has 0 aliphatic carbocycles. The lowest BCUT2D eigenvalue weighted by molar-refractivity contribution is -0.0591. The molecular weight excluding hydrogens is 238 g/mol. The van der Waals surface area contributed by atoms with Crippen LogP contribution in [0.3, 0.4) is 0 Å². The molecule has 0 bridgehead atoms. The van der Waals surface area contributed by atoms with Crippen molar-refractivity contribution in [1.82, 2.24) is 5.32 Å². The second-order valence-corrected chi connectivity index (χ2v) is 5.04. The largest absolute Gasteiger partial charge is 0.496 e. The van der Waals surface area contributed by atoms with E-state index in [9.17, 15) is 0 Å². The van der Waals surface area contributed by atoms with Crippen molar-refractivity contribution in [3.8, 4) is 5.75 Å². The predicted octanol–water partition coefficient (Wildman–Crippen LogP) is 2.14. The van der Waals surface area contributed by atoms with Crippen molar-refractivity contribution in [2.45, 2.75) is 12.3 Å². The van der Waals surface area contributed by atoms with Gasteiger partial charge >= 0.3 is 0 Å². The molecule has 0 radical (unpaired) electrons. The first kappa shape index (κ1) is 12.7.